The molecule has 0 atom stereocenters. The van der Waals surface area contributed by atoms with Crippen LogP contribution in [0.1, 0.15) is 10.4 Å². The molecule has 1 N–H and O–H groups in total. The van der Waals surface area contributed by atoms with Crippen molar-refractivity contribution in [3.8, 4) is 5.75 Å². The number of nitrogens with zero attached hydrogens (tertiary/aromatic N) is 5. The lowest BCUT2D eigenvalue weighted by molar-refractivity contribution is -0.387. The molecule has 0 aliphatic carbocycles. The predicted octanol–water partition coefficient (Wildman–Crippen LogP) is 2.39. The minimum atomic E-state index is -3.76. The SMILES string of the molecule is COc1ccc(S(=O)(=O)N(C)C)cc1NC(=O)c1ccc(Sc2nncn2C)c([N+](=O)[O-])c1. The number of hydrogen-bond acceptors (Lipinski definition) is 9. The van der Waals surface area contributed by atoms with E-state index < -0.39 is 20.9 Å². The third kappa shape index (κ3) is 5.13. The van der Waals surface area contributed by atoms with Gasteiger partial charge in [0.2, 0.25) is 10.0 Å². The maximum absolute atomic E-state index is 12.9. The van der Waals surface area contributed by atoms with Crippen molar-refractivity contribution >= 4 is 39.1 Å². The second-order valence-corrected chi connectivity index (χ2v) is 10.0. The van der Waals surface area contributed by atoms with Gasteiger partial charge in [-0.15, -0.1) is 10.2 Å². The van der Waals surface area contributed by atoms with Crippen LogP contribution in [0.4, 0.5) is 11.4 Å². The zero-order valence-corrected chi connectivity index (χ0v) is 19.7. The van der Waals surface area contributed by atoms with Crippen molar-refractivity contribution in [2.24, 2.45) is 7.05 Å². The molecule has 0 radical (unpaired) electrons. The summed E-state index contributed by atoms with van der Waals surface area (Å²) in [4.78, 5) is 24.1. The van der Waals surface area contributed by atoms with E-state index in [9.17, 15) is 23.3 Å². The van der Waals surface area contributed by atoms with Crippen molar-refractivity contribution in [2.75, 3.05) is 26.5 Å². The first-order chi connectivity index (χ1) is 15.5. The van der Waals surface area contributed by atoms with Gasteiger partial charge in [-0.1, -0.05) is 0 Å². The van der Waals surface area contributed by atoms with Crippen LogP contribution in [0.5, 0.6) is 5.75 Å². The molecule has 1 aromatic heterocycles. The maximum Gasteiger partial charge on any atom is 0.284 e. The predicted molar refractivity (Wildman–Crippen MR) is 120 cm³/mol. The number of amides is 1. The average molecular weight is 493 g/mol. The van der Waals surface area contributed by atoms with Gasteiger partial charge in [0, 0.05) is 32.8 Å². The van der Waals surface area contributed by atoms with Crippen molar-refractivity contribution in [3.63, 3.8) is 0 Å². The van der Waals surface area contributed by atoms with Crippen LogP contribution in [0.3, 0.4) is 0 Å². The number of aryl methyl sites for hydroxylation is 1. The Morgan fingerprint density at radius 1 is 1.24 bits per heavy atom. The van der Waals surface area contributed by atoms with Crippen molar-refractivity contribution in [1.82, 2.24) is 19.1 Å². The van der Waals surface area contributed by atoms with Crippen molar-refractivity contribution in [2.45, 2.75) is 14.9 Å². The molecule has 0 unspecified atom stereocenters. The molecule has 0 saturated heterocycles. The Hall–Kier alpha value is -3.49. The third-order valence-electron chi connectivity index (χ3n) is 4.49. The Kier molecular flexibility index (Phi) is 7.00. The Morgan fingerprint density at radius 3 is 2.55 bits per heavy atom. The molecule has 0 aliphatic rings. The highest BCUT2D eigenvalue weighted by molar-refractivity contribution is 7.99. The summed E-state index contributed by atoms with van der Waals surface area (Å²) < 4.78 is 32.7. The highest BCUT2D eigenvalue weighted by atomic mass is 32.2. The molecule has 3 rings (SSSR count). The molecule has 1 amide bonds. The average Bonchev–Trinajstić information content (AvgIpc) is 3.17. The normalized spacial score (nSPS) is 11.4. The minimum absolute atomic E-state index is 0.00642. The van der Waals surface area contributed by atoms with E-state index in [1.165, 1.54) is 57.9 Å². The number of nitro benzene ring substituents is 1. The lowest BCUT2D eigenvalue weighted by Gasteiger charge is -2.15. The number of nitrogens with one attached hydrogen (secondary N) is 1. The van der Waals surface area contributed by atoms with E-state index in [0.717, 1.165) is 22.1 Å². The number of anilines is 1. The van der Waals surface area contributed by atoms with Gasteiger partial charge in [-0.25, -0.2) is 12.7 Å². The van der Waals surface area contributed by atoms with E-state index in [4.69, 9.17) is 4.74 Å². The zero-order valence-electron chi connectivity index (χ0n) is 18.0. The number of nitro groups is 1. The number of carbonyl (C=O) groups excluding carboxylic acids is 1. The molecule has 1 heterocycles. The number of rotatable bonds is 8. The van der Waals surface area contributed by atoms with Gasteiger partial charge >= 0.3 is 0 Å². The summed E-state index contributed by atoms with van der Waals surface area (Å²) in [6, 6.07) is 8.03. The van der Waals surface area contributed by atoms with Gasteiger partial charge in [-0.05, 0) is 42.1 Å². The van der Waals surface area contributed by atoms with Crippen LogP contribution in [0, 0.1) is 10.1 Å². The molecule has 0 spiro atoms. The van der Waals surface area contributed by atoms with Crippen LogP contribution in [0.25, 0.3) is 0 Å². The van der Waals surface area contributed by atoms with Gasteiger partial charge < -0.3 is 14.6 Å². The topological polar surface area (TPSA) is 150 Å². The second-order valence-electron chi connectivity index (χ2n) is 6.87. The summed E-state index contributed by atoms with van der Waals surface area (Å²) in [6.45, 7) is 0. The minimum Gasteiger partial charge on any atom is -0.495 e. The van der Waals surface area contributed by atoms with Gasteiger partial charge in [0.25, 0.3) is 11.6 Å². The number of aromatic nitrogens is 3. The number of ether oxygens (including phenoxy) is 1. The van der Waals surface area contributed by atoms with Gasteiger partial charge in [-0.2, -0.15) is 0 Å². The van der Waals surface area contributed by atoms with E-state index >= 15 is 0 Å². The first-order valence-electron chi connectivity index (χ1n) is 9.26. The van der Waals surface area contributed by atoms with Crippen LogP contribution in [0.15, 0.2) is 57.7 Å². The summed E-state index contributed by atoms with van der Waals surface area (Å²) in [5.41, 5.74) is -0.177. The van der Waals surface area contributed by atoms with Crippen LogP contribution >= 0.6 is 11.8 Å². The molecule has 3 aromatic rings. The summed E-state index contributed by atoms with van der Waals surface area (Å²) in [6.07, 6.45) is 1.47. The van der Waals surface area contributed by atoms with Crippen LogP contribution in [0.2, 0.25) is 0 Å². The zero-order chi connectivity index (χ0) is 24.3. The van der Waals surface area contributed by atoms with Gasteiger partial charge in [-0.3, -0.25) is 14.9 Å². The molecular formula is C19H20N6O6S2. The fourth-order valence-electron chi connectivity index (χ4n) is 2.70. The van der Waals surface area contributed by atoms with E-state index in [2.05, 4.69) is 15.5 Å². The van der Waals surface area contributed by atoms with Crippen LogP contribution in [-0.2, 0) is 17.1 Å². The summed E-state index contributed by atoms with van der Waals surface area (Å²) >= 11 is 1.04. The van der Waals surface area contributed by atoms with Gasteiger partial charge in [0.1, 0.15) is 12.1 Å². The third-order valence-corrected chi connectivity index (χ3v) is 7.42. The van der Waals surface area contributed by atoms with Crippen LogP contribution in [-0.4, -0.2) is 59.5 Å². The van der Waals surface area contributed by atoms with Crippen molar-refractivity contribution < 1.29 is 22.9 Å². The first kappa shape index (κ1) is 24.2. The molecule has 0 bridgehead atoms. The van der Waals surface area contributed by atoms with Gasteiger partial charge in [0.15, 0.2) is 5.16 Å². The molecular weight excluding hydrogens is 472 g/mol. The highest BCUT2D eigenvalue weighted by Crippen LogP contribution is 2.35. The molecule has 0 aliphatic heterocycles. The van der Waals surface area contributed by atoms with Crippen molar-refractivity contribution in [3.05, 3.63) is 58.4 Å². The van der Waals surface area contributed by atoms with E-state index in [1.54, 1.807) is 11.6 Å². The first-order valence-corrected chi connectivity index (χ1v) is 11.5. The molecule has 12 nitrogen and oxygen atoms in total. The largest absolute Gasteiger partial charge is 0.495 e. The fourth-order valence-corrected chi connectivity index (χ4v) is 4.48. The smallest absolute Gasteiger partial charge is 0.284 e. The Bertz CT molecular complexity index is 1320. The van der Waals surface area contributed by atoms with Gasteiger partial charge in [0.05, 0.1) is 27.5 Å². The standard InChI is InChI=1S/C19H20N6O6S2/c1-23(2)33(29,30)13-6-7-16(31-4)14(10-13)21-18(26)12-5-8-17(15(9-12)25(27)28)32-19-22-20-11-24(19)3/h5-11H,1-4H3,(H,21,26). The molecule has 14 heteroatoms. The van der Waals surface area contributed by atoms with E-state index in [1.807, 2.05) is 0 Å². The number of carbonyl (C=O) groups is 1. The van der Waals surface area contributed by atoms with Crippen molar-refractivity contribution in [1.29, 1.82) is 0 Å². The lowest BCUT2D eigenvalue weighted by atomic mass is 10.2. The van der Waals surface area contributed by atoms with E-state index in [0.29, 0.717) is 5.16 Å². The Labute approximate surface area is 193 Å². The number of methoxy groups -OCH3 is 1. The van der Waals surface area contributed by atoms with Crippen LogP contribution < -0.4 is 10.1 Å². The summed E-state index contributed by atoms with van der Waals surface area (Å²) in [7, 11) is 2.09. The fraction of sp³-hybridized carbons (Fsp3) is 0.211. The maximum atomic E-state index is 12.9. The number of hydrogen-bond donors (Lipinski definition) is 1. The van der Waals surface area contributed by atoms with E-state index in [-0.39, 0.29) is 32.5 Å². The summed E-state index contributed by atoms with van der Waals surface area (Å²) in [5, 5.41) is 22.3. The monoisotopic (exact) mass is 492 g/mol. The summed E-state index contributed by atoms with van der Waals surface area (Å²) in [5.74, 6) is -0.448. The highest BCUT2D eigenvalue weighted by Gasteiger charge is 2.22. The Balaban J connectivity index is 1.94. The number of benzene rings is 2. The Morgan fingerprint density at radius 2 is 1.97 bits per heavy atom. The molecule has 2 aromatic carbocycles. The molecule has 0 saturated carbocycles. The molecule has 0 fully saturated rings. The number of sulfonamides is 1. The molecule has 33 heavy (non-hydrogen) atoms. The molecule has 174 valence electrons. The second kappa shape index (κ2) is 9.56. The lowest BCUT2D eigenvalue weighted by Crippen LogP contribution is -2.22. The quantitative estimate of drug-likeness (QED) is 0.369.